The molecule has 16 heteroatoms. The van der Waals surface area contributed by atoms with Crippen molar-refractivity contribution in [2.75, 3.05) is 21.7 Å². The Labute approximate surface area is 333 Å². The van der Waals surface area contributed by atoms with Crippen LogP contribution in [0.3, 0.4) is 0 Å². The molecule has 6 rings (SSSR count). The zero-order valence-corrected chi connectivity index (χ0v) is 32.8. The van der Waals surface area contributed by atoms with Crippen molar-refractivity contribution in [3.05, 3.63) is 153 Å². The number of sulfonamides is 2. The van der Waals surface area contributed by atoms with E-state index in [-0.39, 0.29) is 37.4 Å². The molecule has 0 saturated carbocycles. The van der Waals surface area contributed by atoms with E-state index in [9.17, 15) is 23.1 Å². The van der Waals surface area contributed by atoms with Crippen LogP contribution in [0, 0.1) is 0 Å². The molecule has 2 atom stereocenters. The Morgan fingerprint density at radius 1 is 0.722 bits per heavy atom. The van der Waals surface area contributed by atoms with Crippen LogP contribution in [0.4, 0.5) is 11.4 Å². The minimum atomic E-state index is -4.91. The molecule has 0 radical (unpaired) electrons. The third-order valence-electron chi connectivity index (χ3n) is 8.91. The number of benzene rings is 5. The number of carbonyl (C=O) groups excluding carboxylic acids is 1. The van der Waals surface area contributed by atoms with Crippen molar-refractivity contribution in [3.63, 3.8) is 0 Å². The maximum Gasteiger partial charge on any atom is 0.332 e. The molecule has 1 heterocycles. The molecule has 0 aliphatic carbocycles. The Morgan fingerprint density at radius 3 is 1.94 bits per heavy atom. The Morgan fingerprint density at radius 2 is 1.33 bits per heavy atom. The van der Waals surface area contributed by atoms with Gasteiger partial charge in [0.05, 0.1) is 27.2 Å². The topological polar surface area (TPSA) is 132 Å². The summed E-state index contributed by atoms with van der Waals surface area (Å²) in [6.07, 6.45) is 1.36. The van der Waals surface area contributed by atoms with Crippen molar-refractivity contribution >= 4 is 89.7 Å². The van der Waals surface area contributed by atoms with Crippen molar-refractivity contribution in [1.29, 1.82) is 0 Å². The van der Waals surface area contributed by atoms with Gasteiger partial charge in [-0.2, -0.15) is 0 Å². The van der Waals surface area contributed by atoms with Crippen LogP contribution >= 0.6 is 46.4 Å². The second-order valence-electron chi connectivity index (χ2n) is 12.3. The number of hydrogen-bond donors (Lipinski definition) is 1. The van der Waals surface area contributed by atoms with E-state index in [4.69, 9.17) is 46.4 Å². The number of carbonyl (C=O) groups is 2. The van der Waals surface area contributed by atoms with Gasteiger partial charge < -0.3 is 10.0 Å². The molecule has 1 amide bonds. The molecule has 280 valence electrons. The van der Waals surface area contributed by atoms with Crippen LogP contribution in [0.5, 0.6) is 0 Å². The molecule has 5 aromatic rings. The van der Waals surface area contributed by atoms with Crippen molar-refractivity contribution in [1.82, 2.24) is 4.90 Å². The molecule has 2 unspecified atom stereocenters. The van der Waals surface area contributed by atoms with Crippen molar-refractivity contribution in [3.8, 4) is 0 Å². The van der Waals surface area contributed by atoms with Gasteiger partial charge in [-0.1, -0.05) is 88.9 Å². The van der Waals surface area contributed by atoms with Gasteiger partial charge in [0.1, 0.15) is 6.54 Å². The molecule has 0 aromatic heterocycles. The van der Waals surface area contributed by atoms with Crippen molar-refractivity contribution in [2.24, 2.45) is 0 Å². The summed E-state index contributed by atoms with van der Waals surface area (Å²) in [5, 5.41) is 11.1. The zero-order chi connectivity index (χ0) is 38.8. The molecule has 1 N–H and O–H groups in total. The maximum absolute atomic E-state index is 15.1. The van der Waals surface area contributed by atoms with Gasteiger partial charge in [-0.25, -0.2) is 25.9 Å². The third-order valence-corrected chi connectivity index (χ3v) is 13.6. The number of carboxylic acid groups (broad SMARTS) is 1. The Kier molecular flexibility index (Phi) is 11.8. The predicted octanol–water partition coefficient (Wildman–Crippen LogP) is 8.88. The summed E-state index contributed by atoms with van der Waals surface area (Å²) in [5.41, 5.74) is 0.207. The monoisotopic (exact) mass is 845 g/mol. The van der Waals surface area contributed by atoms with E-state index in [0.29, 0.717) is 28.7 Å². The summed E-state index contributed by atoms with van der Waals surface area (Å²) < 4.78 is 60.5. The van der Waals surface area contributed by atoms with E-state index in [2.05, 4.69) is 0 Å². The first-order valence-electron chi connectivity index (χ1n) is 16.4. The highest BCUT2D eigenvalue weighted by Gasteiger charge is 2.43. The summed E-state index contributed by atoms with van der Waals surface area (Å²) >= 11 is 25.2. The fourth-order valence-corrected chi connectivity index (χ4v) is 10.6. The number of aliphatic carboxylic acids is 1. The Bertz CT molecular complexity index is 2400. The summed E-state index contributed by atoms with van der Waals surface area (Å²) in [6.45, 7) is -0.299. The normalized spacial score (nSPS) is 15.1. The van der Waals surface area contributed by atoms with Crippen LogP contribution < -0.4 is 8.61 Å². The van der Waals surface area contributed by atoms with Crippen LogP contribution in [0.25, 0.3) is 0 Å². The highest BCUT2D eigenvalue weighted by molar-refractivity contribution is 7.93. The number of rotatable bonds is 12. The summed E-state index contributed by atoms with van der Waals surface area (Å²) in [5.74, 6) is -2.26. The van der Waals surface area contributed by atoms with Crippen LogP contribution in [-0.2, 0) is 29.6 Å². The summed E-state index contributed by atoms with van der Waals surface area (Å²) in [7, 11) is -9.73. The lowest BCUT2D eigenvalue weighted by atomic mass is 10.0. The number of halogens is 4. The van der Waals surface area contributed by atoms with E-state index in [0.717, 1.165) is 22.0 Å². The SMILES string of the molecule is O=C(O)C(c1c(Cl)cccc1S(=O)(=O)N(CC(=O)N1CCCC1c1ccccc1)c1ccc(Cl)cc1)N(c1ccc(Cl)cc1)S(=O)(=O)c1cccc(Cl)c1. The lowest BCUT2D eigenvalue weighted by Gasteiger charge is -2.33. The molecule has 10 nitrogen and oxygen atoms in total. The third kappa shape index (κ3) is 8.05. The van der Waals surface area contributed by atoms with Gasteiger partial charge in [0.25, 0.3) is 20.0 Å². The van der Waals surface area contributed by atoms with Gasteiger partial charge in [-0.15, -0.1) is 0 Å². The first kappa shape index (κ1) is 39.4. The predicted molar refractivity (Wildman–Crippen MR) is 211 cm³/mol. The van der Waals surface area contributed by atoms with E-state index >= 15 is 8.42 Å². The number of likely N-dealkylation sites (tertiary alicyclic amines) is 1. The van der Waals surface area contributed by atoms with Gasteiger partial charge in [0.15, 0.2) is 6.04 Å². The average molecular weight is 848 g/mol. The molecule has 1 aliphatic rings. The minimum absolute atomic E-state index is 0.0436. The molecule has 1 saturated heterocycles. The molecule has 54 heavy (non-hydrogen) atoms. The number of carboxylic acids is 1. The van der Waals surface area contributed by atoms with Crippen molar-refractivity contribution < 1.29 is 31.5 Å². The Balaban J connectivity index is 1.52. The lowest BCUT2D eigenvalue weighted by Crippen LogP contribution is -2.44. The molecule has 1 aliphatic heterocycles. The highest BCUT2D eigenvalue weighted by Crippen LogP contribution is 2.42. The van der Waals surface area contributed by atoms with Crippen LogP contribution in [0.2, 0.25) is 20.1 Å². The minimum Gasteiger partial charge on any atom is -0.479 e. The van der Waals surface area contributed by atoms with E-state index in [1.165, 1.54) is 78.9 Å². The van der Waals surface area contributed by atoms with Gasteiger partial charge in [-0.3, -0.25) is 9.10 Å². The largest absolute Gasteiger partial charge is 0.479 e. The van der Waals surface area contributed by atoms with Gasteiger partial charge in [0.2, 0.25) is 5.91 Å². The van der Waals surface area contributed by atoms with Crippen LogP contribution in [0.1, 0.15) is 36.1 Å². The molecule has 5 aromatic carbocycles. The van der Waals surface area contributed by atoms with Crippen LogP contribution in [0.15, 0.2) is 131 Å². The van der Waals surface area contributed by atoms with Gasteiger partial charge in [0, 0.05) is 32.2 Å². The second kappa shape index (κ2) is 16.2. The van der Waals surface area contributed by atoms with E-state index in [1.807, 2.05) is 30.3 Å². The number of anilines is 2. The van der Waals surface area contributed by atoms with Gasteiger partial charge >= 0.3 is 5.97 Å². The fraction of sp³-hybridized carbons (Fsp3) is 0.158. The fourth-order valence-electron chi connectivity index (χ4n) is 6.45. The second-order valence-corrected chi connectivity index (χ2v) is 17.6. The quantitative estimate of drug-likeness (QED) is 0.133. The maximum atomic E-state index is 15.1. The molecule has 0 bridgehead atoms. The smallest absolute Gasteiger partial charge is 0.332 e. The lowest BCUT2D eigenvalue weighted by molar-refractivity contribution is -0.138. The average Bonchev–Trinajstić information content (AvgIpc) is 3.65. The molecular formula is C38H31Cl4N3O7S2. The van der Waals surface area contributed by atoms with Crippen molar-refractivity contribution in [2.45, 2.75) is 34.7 Å². The van der Waals surface area contributed by atoms with E-state index in [1.54, 1.807) is 4.90 Å². The van der Waals surface area contributed by atoms with Gasteiger partial charge in [-0.05, 0) is 97.3 Å². The standard InChI is InChI=1S/C38H31Cl4N3O7S2/c39-26-14-18-29(19-15-26)44(24-35(46)43-22-6-12-33(43)25-7-2-1-3-8-25)54(51,52)34-13-5-11-32(42)36(34)37(38(47)48)45(30-20-16-27(40)17-21-30)53(49,50)31-10-4-9-28(41)23-31/h1-5,7-11,13-21,23,33,37H,6,12,22,24H2,(H,47,48). The number of amides is 1. The molecule has 1 fully saturated rings. The number of nitrogens with zero attached hydrogens (tertiary/aromatic N) is 3. The van der Waals surface area contributed by atoms with E-state index < -0.39 is 55.0 Å². The summed E-state index contributed by atoms with van der Waals surface area (Å²) in [4.78, 5) is 28.2. The zero-order valence-electron chi connectivity index (χ0n) is 28.1. The first-order valence-corrected chi connectivity index (χ1v) is 20.8. The number of hydrogen-bond acceptors (Lipinski definition) is 6. The molecular weight excluding hydrogens is 816 g/mol. The first-order chi connectivity index (χ1) is 25.7. The van der Waals surface area contributed by atoms with Crippen LogP contribution in [-0.4, -0.2) is 51.8 Å². The highest BCUT2D eigenvalue weighted by atomic mass is 35.5. The molecule has 0 spiro atoms. The Hall–Kier alpha value is -4.30. The summed E-state index contributed by atoms with van der Waals surface area (Å²) in [6, 6.07) is 26.7.